The highest BCUT2D eigenvalue weighted by Crippen LogP contribution is 2.08. The third-order valence-corrected chi connectivity index (χ3v) is 1.22. The summed E-state index contributed by atoms with van der Waals surface area (Å²) in [5.41, 5.74) is 0.761. The summed E-state index contributed by atoms with van der Waals surface area (Å²) in [4.78, 5) is 10.3. The van der Waals surface area contributed by atoms with Crippen LogP contribution >= 0.6 is 11.6 Å². The number of allylic oxidation sites excluding steroid dienone is 2. The lowest BCUT2D eigenvalue weighted by molar-refractivity contribution is -0.118. The second-order valence-electron chi connectivity index (χ2n) is 1.93. The van der Waals surface area contributed by atoms with Gasteiger partial charge in [-0.3, -0.25) is 4.79 Å². The monoisotopic (exact) mass is 159 g/mol. The van der Waals surface area contributed by atoms with Gasteiger partial charge in [0.25, 0.3) is 0 Å². The zero-order valence-corrected chi connectivity index (χ0v) is 6.83. The molecule has 0 saturated heterocycles. The molecule has 0 spiro atoms. The van der Waals surface area contributed by atoms with Gasteiger partial charge in [-0.05, 0) is 12.5 Å². The highest BCUT2D eigenvalue weighted by atomic mass is 35.5. The summed E-state index contributed by atoms with van der Waals surface area (Å²) in [5.74, 6) is -0.114. The topological polar surface area (TPSA) is 29.1 Å². The molecular weight excluding hydrogens is 150 g/mol. The number of nitrogens with one attached hydrogen (secondary N) is 1. The lowest BCUT2D eigenvalue weighted by Gasteiger charge is -1.96. The molecule has 0 aliphatic carbocycles. The standard InChI is InChI=1S/C7H10ClNO/c1-5(6(2)8)4-9-7(3)10/h4H,2H2,1,3H3,(H,9,10)/b5-4+. The van der Waals surface area contributed by atoms with Crippen LogP contribution in [-0.2, 0) is 4.79 Å². The normalized spacial score (nSPS) is 10.9. The van der Waals surface area contributed by atoms with Crippen LogP contribution in [0.15, 0.2) is 23.4 Å². The minimum absolute atomic E-state index is 0.114. The molecule has 0 bridgehead atoms. The highest BCUT2D eigenvalue weighted by Gasteiger charge is 1.90. The molecule has 0 rings (SSSR count). The predicted molar refractivity (Wildman–Crippen MR) is 42.6 cm³/mol. The molecule has 0 radical (unpaired) electrons. The molecule has 0 heterocycles. The van der Waals surface area contributed by atoms with Crippen molar-refractivity contribution in [2.75, 3.05) is 0 Å². The number of amides is 1. The van der Waals surface area contributed by atoms with Gasteiger partial charge in [-0.1, -0.05) is 18.2 Å². The van der Waals surface area contributed by atoms with E-state index in [-0.39, 0.29) is 5.91 Å². The Labute approximate surface area is 65.6 Å². The molecule has 0 aliphatic heterocycles. The summed E-state index contributed by atoms with van der Waals surface area (Å²) in [6.45, 7) is 6.68. The Morgan fingerprint density at radius 3 is 2.40 bits per heavy atom. The lowest BCUT2D eigenvalue weighted by Crippen LogP contribution is -2.12. The van der Waals surface area contributed by atoms with Gasteiger partial charge < -0.3 is 5.32 Å². The first-order valence-corrected chi connectivity index (χ1v) is 3.20. The van der Waals surface area contributed by atoms with Crippen molar-refractivity contribution >= 4 is 17.5 Å². The molecule has 1 amide bonds. The van der Waals surface area contributed by atoms with Gasteiger partial charge in [0.15, 0.2) is 0 Å². The van der Waals surface area contributed by atoms with E-state index >= 15 is 0 Å². The van der Waals surface area contributed by atoms with Crippen molar-refractivity contribution in [1.29, 1.82) is 0 Å². The molecule has 0 aliphatic rings. The van der Waals surface area contributed by atoms with Gasteiger partial charge >= 0.3 is 0 Å². The largest absolute Gasteiger partial charge is 0.333 e. The Hall–Kier alpha value is -0.760. The lowest BCUT2D eigenvalue weighted by atomic mass is 10.3. The molecule has 2 nitrogen and oxygen atoms in total. The summed E-state index contributed by atoms with van der Waals surface area (Å²) in [7, 11) is 0. The van der Waals surface area contributed by atoms with E-state index in [4.69, 9.17) is 11.6 Å². The van der Waals surface area contributed by atoms with E-state index in [0.29, 0.717) is 5.03 Å². The van der Waals surface area contributed by atoms with Crippen LogP contribution in [0.4, 0.5) is 0 Å². The predicted octanol–water partition coefficient (Wildman–Crippen LogP) is 1.78. The van der Waals surface area contributed by atoms with Crippen molar-refractivity contribution in [1.82, 2.24) is 5.32 Å². The summed E-state index contributed by atoms with van der Waals surface area (Å²) < 4.78 is 0. The van der Waals surface area contributed by atoms with Crippen molar-refractivity contribution in [2.24, 2.45) is 0 Å². The number of carbonyl (C=O) groups excluding carboxylic acids is 1. The van der Waals surface area contributed by atoms with Gasteiger partial charge in [-0.2, -0.15) is 0 Å². The molecule has 0 unspecified atom stereocenters. The minimum Gasteiger partial charge on any atom is -0.333 e. The Morgan fingerprint density at radius 2 is 2.10 bits per heavy atom. The Bertz CT molecular complexity index is 184. The van der Waals surface area contributed by atoms with E-state index < -0.39 is 0 Å². The van der Waals surface area contributed by atoms with Crippen LogP contribution < -0.4 is 5.32 Å². The molecule has 0 fully saturated rings. The van der Waals surface area contributed by atoms with Crippen LogP contribution in [0.2, 0.25) is 0 Å². The molecule has 0 aromatic rings. The average molecular weight is 160 g/mol. The van der Waals surface area contributed by atoms with E-state index in [9.17, 15) is 4.79 Å². The fourth-order valence-electron chi connectivity index (χ4n) is 0.288. The molecule has 0 aromatic carbocycles. The molecule has 10 heavy (non-hydrogen) atoms. The van der Waals surface area contributed by atoms with Gasteiger partial charge in [-0.25, -0.2) is 0 Å². The van der Waals surface area contributed by atoms with Crippen LogP contribution in [0.25, 0.3) is 0 Å². The number of hydrogen-bond acceptors (Lipinski definition) is 1. The minimum atomic E-state index is -0.114. The van der Waals surface area contributed by atoms with E-state index in [0.717, 1.165) is 5.57 Å². The first-order chi connectivity index (χ1) is 4.54. The summed E-state index contributed by atoms with van der Waals surface area (Å²) in [6, 6.07) is 0. The number of halogens is 1. The SMILES string of the molecule is C=C(Cl)/C(C)=C/NC(C)=O. The molecule has 0 aromatic heterocycles. The second-order valence-corrected chi connectivity index (χ2v) is 2.39. The van der Waals surface area contributed by atoms with Crippen LogP contribution in [0.5, 0.6) is 0 Å². The maximum absolute atomic E-state index is 10.3. The average Bonchev–Trinajstić information content (AvgIpc) is 1.82. The fourth-order valence-corrected chi connectivity index (χ4v) is 0.343. The third kappa shape index (κ3) is 4.15. The van der Waals surface area contributed by atoms with E-state index in [1.807, 2.05) is 0 Å². The Morgan fingerprint density at radius 1 is 1.60 bits per heavy atom. The van der Waals surface area contributed by atoms with Crippen molar-refractivity contribution in [3.63, 3.8) is 0 Å². The maximum atomic E-state index is 10.3. The summed E-state index contributed by atoms with van der Waals surface area (Å²) in [6.07, 6.45) is 1.53. The highest BCUT2D eigenvalue weighted by molar-refractivity contribution is 6.31. The quantitative estimate of drug-likeness (QED) is 0.612. The maximum Gasteiger partial charge on any atom is 0.220 e. The smallest absolute Gasteiger partial charge is 0.220 e. The van der Waals surface area contributed by atoms with Crippen LogP contribution in [-0.4, -0.2) is 5.91 Å². The zero-order valence-electron chi connectivity index (χ0n) is 6.07. The fraction of sp³-hybridized carbons (Fsp3) is 0.286. The third-order valence-electron chi connectivity index (χ3n) is 0.920. The summed E-state index contributed by atoms with van der Waals surface area (Å²) >= 11 is 5.50. The van der Waals surface area contributed by atoms with Crippen molar-refractivity contribution in [3.05, 3.63) is 23.4 Å². The van der Waals surface area contributed by atoms with E-state index in [2.05, 4.69) is 11.9 Å². The molecule has 56 valence electrons. The molecule has 1 N–H and O–H groups in total. The molecule has 0 saturated carbocycles. The van der Waals surface area contributed by atoms with Gasteiger partial charge in [0.05, 0.1) is 0 Å². The van der Waals surface area contributed by atoms with Crippen molar-refractivity contribution < 1.29 is 4.79 Å². The van der Waals surface area contributed by atoms with Crippen molar-refractivity contribution in [3.8, 4) is 0 Å². The number of rotatable bonds is 2. The summed E-state index contributed by atoms with van der Waals surface area (Å²) in [5, 5.41) is 2.92. The molecular formula is C7H10ClNO. The van der Waals surface area contributed by atoms with Crippen LogP contribution in [0.1, 0.15) is 13.8 Å². The number of carbonyl (C=O) groups is 1. The van der Waals surface area contributed by atoms with E-state index in [1.165, 1.54) is 13.1 Å². The zero-order chi connectivity index (χ0) is 8.15. The Kier molecular flexibility index (Phi) is 3.81. The number of hydrogen-bond donors (Lipinski definition) is 1. The van der Waals surface area contributed by atoms with Crippen molar-refractivity contribution in [2.45, 2.75) is 13.8 Å². The molecule has 3 heteroatoms. The van der Waals surface area contributed by atoms with Gasteiger partial charge in [-0.15, -0.1) is 0 Å². The molecule has 0 atom stereocenters. The first kappa shape index (κ1) is 9.24. The van der Waals surface area contributed by atoms with Crippen LogP contribution in [0, 0.1) is 0 Å². The van der Waals surface area contributed by atoms with Gasteiger partial charge in [0.1, 0.15) is 0 Å². The second kappa shape index (κ2) is 4.12. The van der Waals surface area contributed by atoms with Gasteiger partial charge in [0, 0.05) is 18.2 Å². The van der Waals surface area contributed by atoms with Gasteiger partial charge in [0.2, 0.25) is 5.91 Å². The first-order valence-electron chi connectivity index (χ1n) is 2.82. The van der Waals surface area contributed by atoms with Crippen LogP contribution in [0.3, 0.4) is 0 Å². The Balaban J connectivity index is 3.92. The van der Waals surface area contributed by atoms with E-state index in [1.54, 1.807) is 6.92 Å².